The summed E-state index contributed by atoms with van der Waals surface area (Å²) in [6.45, 7) is 6.81. The third kappa shape index (κ3) is 17.3. The summed E-state index contributed by atoms with van der Waals surface area (Å²) >= 11 is 0. The van der Waals surface area contributed by atoms with Crippen LogP contribution in [0.5, 0.6) is 0 Å². The Balaban J connectivity index is 3.94. The molecule has 0 aromatic heterocycles. The lowest BCUT2D eigenvalue weighted by molar-refractivity contribution is -0.170. The SMILES string of the molecule is CCCCC(CC)COC(=O)COC(=O)COC(=O)COC(=O)COC(=O)CCCOC(=O)C(C)(C)CC. The van der Waals surface area contributed by atoms with Crippen molar-refractivity contribution < 1.29 is 57.2 Å². The van der Waals surface area contributed by atoms with Gasteiger partial charge in [0.1, 0.15) is 0 Å². The predicted molar refractivity (Wildman–Crippen MR) is 132 cm³/mol. The van der Waals surface area contributed by atoms with Crippen LogP contribution in [0.3, 0.4) is 0 Å². The molecule has 38 heavy (non-hydrogen) atoms. The first-order valence-electron chi connectivity index (χ1n) is 12.9. The fraction of sp³-hybridized carbons (Fsp3) is 0.769. The summed E-state index contributed by atoms with van der Waals surface area (Å²) < 4.78 is 28.8. The van der Waals surface area contributed by atoms with Crippen LogP contribution in [0.15, 0.2) is 0 Å². The first kappa shape index (κ1) is 34.8. The van der Waals surface area contributed by atoms with Gasteiger partial charge in [0.25, 0.3) is 0 Å². The van der Waals surface area contributed by atoms with Crippen molar-refractivity contribution in [2.45, 2.75) is 79.6 Å². The number of ether oxygens (including phenoxy) is 6. The third-order valence-electron chi connectivity index (χ3n) is 5.62. The number of hydrogen-bond donors (Lipinski definition) is 0. The van der Waals surface area contributed by atoms with Crippen LogP contribution < -0.4 is 0 Å². The highest BCUT2D eigenvalue weighted by Gasteiger charge is 2.26. The van der Waals surface area contributed by atoms with Gasteiger partial charge in [0.15, 0.2) is 26.4 Å². The molecule has 0 saturated heterocycles. The van der Waals surface area contributed by atoms with E-state index in [-0.39, 0.29) is 37.9 Å². The van der Waals surface area contributed by atoms with Gasteiger partial charge in [-0.25, -0.2) is 19.2 Å². The Hall–Kier alpha value is -3.18. The van der Waals surface area contributed by atoms with Crippen LogP contribution in [0, 0.1) is 11.3 Å². The summed E-state index contributed by atoms with van der Waals surface area (Å²) in [6, 6.07) is 0. The Kier molecular flexibility index (Phi) is 18.2. The lowest BCUT2D eigenvalue weighted by atomic mass is 9.91. The van der Waals surface area contributed by atoms with Gasteiger partial charge in [0.05, 0.1) is 18.6 Å². The highest BCUT2D eigenvalue weighted by Crippen LogP contribution is 2.21. The van der Waals surface area contributed by atoms with Gasteiger partial charge in [-0.2, -0.15) is 0 Å². The van der Waals surface area contributed by atoms with Crippen molar-refractivity contribution >= 4 is 35.8 Å². The van der Waals surface area contributed by atoms with Gasteiger partial charge in [0, 0.05) is 6.42 Å². The van der Waals surface area contributed by atoms with E-state index >= 15 is 0 Å². The molecule has 0 radical (unpaired) electrons. The van der Waals surface area contributed by atoms with Crippen molar-refractivity contribution in [3.05, 3.63) is 0 Å². The van der Waals surface area contributed by atoms with Crippen LogP contribution in [-0.4, -0.2) is 75.5 Å². The molecule has 0 bridgehead atoms. The van der Waals surface area contributed by atoms with Gasteiger partial charge >= 0.3 is 35.8 Å². The van der Waals surface area contributed by atoms with E-state index in [2.05, 4.69) is 21.1 Å². The molecule has 0 spiro atoms. The lowest BCUT2D eigenvalue weighted by Gasteiger charge is -2.20. The summed E-state index contributed by atoms with van der Waals surface area (Å²) in [5.74, 6) is -4.54. The lowest BCUT2D eigenvalue weighted by Crippen LogP contribution is -2.26. The van der Waals surface area contributed by atoms with Crippen molar-refractivity contribution in [2.24, 2.45) is 11.3 Å². The molecule has 0 heterocycles. The number of carbonyl (C=O) groups is 6. The minimum absolute atomic E-state index is 0.0373. The Morgan fingerprint density at radius 2 is 1.11 bits per heavy atom. The summed E-state index contributed by atoms with van der Waals surface area (Å²) in [6.07, 6.45) is 4.65. The van der Waals surface area contributed by atoms with Crippen molar-refractivity contribution in [3.63, 3.8) is 0 Å². The van der Waals surface area contributed by atoms with E-state index in [1.165, 1.54) is 0 Å². The Labute approximate surface area is 224 Å². The molecule has 0 saturated carbocycles. The zero-order valence-electron chi connectivity index (χ0n) is 23.2. The topological polar surface area (TPSA) is 158 Å². The first-order valence-corrected chi connectivity index (χ1v) is 12.9. The number of carbonyl (C=O) groups excluding carboxylic acids is 6. The Morgan fingerprint density at radius 1 is 0.632 bits per heavy atom. The molecule has 1 unspecified atom stereocenters. The van der Waals surface area contributed by atoms with Crippen molar-refractivity contribution in [3.8, 4) is 0 Å². The van der Waals surface area contributed by atoms with Gasteiger partial charge in [-0.1, -0.05) is 40.0 Å². The molecule has 0 aromatic carbocycles. The van der Waals surface area contributed by atoms with E-state index < -0.39 is 61.7 Å². The maximum Gasteiger partial charge on any atom is 0.344 e. The van der Waals surface area contributed by atoms with Gasteiger partial charge in [-0.05, 0) is 39.0 Å². The van der Waals surface area contributed by atoms with Crippen LogP contribution in [0.25, 0.3) is 0 Å². The predicted octanol–water partition coefficient (Wildman–Crippen LogP) is 2.68. The molecule has 12 nitrogen and oxygen atoms in total. The van der Waals surface area contributed by atoms with Gasteiger partial charge in [-0.3, -0.25) is 9.59 Å². The molecule has 0 aliphatic rings. The van der Waals surface area contributed by atoms with Crippen LogP contribution in [0.1, 0.15) is 79.6 Å². The molecule has 218 valence electrons. The molecule has 0 rings (SSSR count). The maximum absolute atomic E-state index is 11.8. The standard InChI is InChI=1S/C26H42O12/c1-6-9-11-19(7-2)14-34-21(28)16-36-23(30)18-38-24(31)17-37-22(29)15-35-20(27)12-10-13-33-25(32)26(4,5)8-3/h19H,6-18H2,1-5H3. The van der Waals surface area contributed by atoms with E-state index in [1.54, 1.807) is 13.8 Å². The van der Waals surface area contributed by atoms with Crippen molar-refractivity contribution in [1.82, 2.24) is 0 Å². The largest absolute Gasteiger partial charge is 0.465 e. The van der Waals surface area contributed by atoms with E-state index in [1.807, 2.05) is 13.8 Å². The molecule has 1 atom stereocenters. The molecule has 12 heteroatoms. The number of esters is 6. The van der Waals surface area contributed by atoms with Crippen LogP contribution in [0.2, 0.25) is 0 Å². The zero-order chi connectivity index (χ0) is 29.0. The average molecular weight is 547 g/mol. The number of hydrogen-bond acceptors (Lipinski definition) is 12. The molecule has 0 amide bonds. The van der Waals surface area contributed by atoms with Crippen LogP contribution >= 0.6 is 0 Å². The first-order chi connectivity index (χ1) is 17.9. The smallest absolute Gasteiger partial charge is 0.344 e. The minimum atomic E-state index is -1.04. The summed E-state index contributed by atoms with van der Waals surface area (Å²) in [4.78, 5) is 70.0. The fourth-order valence-corrected chi connectivity index (χ4v) is 2.63. The Bertz CT molecular complexity index is 774. The fourth-order valence-electron chi connectivity index (χ4n) is 2.63. The second-order valence-corrected chi connectivity index (χ2v) is 9.22. The van der Waals surface area contributed by atoms with E-state index in [0.717, 1.165) is 25.7 Å². The molecule has 0 aliphatic carbocycles. The zero-order valence-corrected chi connectivity index (χ0v) is 23.2. The Morgan fingerprint density at radius 3 is 1.55 bits per heavy atom. The second-order valence-electron chi connectivity index (χ2n) is 9.22. The molecule has 0 aromatic rings. The maximum atomic E-state index is 11.8. The molecular weight excluding hydrogens is 504 g/mol. The minimum Gasteiger partial charge on any atom is -0.465 e. The summed E-state index contributed by atoms with van der Waals surface area (Å²) in [5.41, 5.74) is -0.606. The number of unbranched alkanes of at least 4 members (excludes halogenated alkanes) is 1. The van der Waals surface area contributed by atoms with E-state index in [0.29, 0.717) is 6.42 Å². The van der Waals surface area contributed by atoms with Gasteiger partial charge in [0.2, 0.25) is 0 Å². The van der Waals surface area contributed by atoms with Gasteiger partial charge < -0.3 is 28.4 Å². The highest BCUT2D eigenvalue weighted by molar-refractivity contribution is 5.81. The molecule has 0 aliphatic heterocycles. The van der Waals surface area contributed by atoms with Crippen molar-refractivity contribution in [1.29, 1.82) is 0 Å². The highest BCUT2D eigenvalue weighted by atomic mass is 16.6. The van der Waals surface area contributed by atoms with Crippen molar-refractivity contribution in [2.75, 3.05) is 39.6 Å². The van der Waals surface area contributed by atoms with E-state index in [9.17, 15) is 28.8 Å². The summed E-state index contributed by atoms with van der Waals surface area (Å²) in [7, 11) is 0. The normalized spacial score (nSPS) is 11.6. The molecule has 0 N–H and O–H groups in total. The molecule has 0 fully saturated rings. The monoisotopic (exact) mass is 546 g/mol. The average Bonchev–Trinajstić information content (AvgIpc) is 2.90. The van der Waals surface area contributed by atoms with Crippen LogP contribution in [0.4, 0.5) is 0 Å². The van der Waals surface area contributed by atoms with Crippen LogP contribution in [-0.2, 0) is 57.2 Å². The van der Waals surface area contributed by atoms with E-state index in [4.69, 9.17) is 14.2 Å². The summed E-state index contributed by atoms with van der Waals surface area (Å²) in [5, 5.41) is 0. The van der Waals surface area contributed by atoms with Gasteiger partial charge in [-0.15, -0.1) is 0 Å². The number of rotatable bonds is 20. The molecular formula is C26H42O12. The third-order valence-corrected chi connectivity index (χ3v) is 5.62. The quantitative estimate of drug-likeness (QED) is 0.125. The second kappa shape index (κ2) is 19.9.